The number of hydrogen-bond acceptors (Lipinski definition) is 6. The maximum absolute atomic E-state index is 5.83. The first-order valence-electron chi connectivity index (χ1n) is 6.23. The standard InChI is InChI=1S/C12H21N3O2S/c1-8(9-4-5-9)15(6-7-16-2)12-10(17-3)11(13)14-18-12/h8-9H,4-7H2,1-3H3,(H2,13,14). The molecule has 0 aromatic carbocycles. The monoisotopic (exact) mass is 271 g/mol. The van der Waals surface area contributed by atoms with Gasteiger partial charge in [0.1, 0.15) is 0 Å². The molecule has 0 radical (unpaired) electrons. The van der Waals surface area contributed by atoms with Crippen LogP contribution < -0.4 is 15.4 Å². The fourth-order valence-electron chi connectivity index (χ4n) is 2.17. The van der Waals surface area contributed by atoms with Gasteiger partial charge in [0.25, 0.3) is 0 Å². The van der Waals surface area contributed by atoms with Gasteiger partial charge in [-0.3, -0.25) is 0 Å². The lowest BCUT2D eigenvalue weighted by Crippen LogP contribution is -2.37. The number of nitrogens with zero attached hydrogens (tertiary/aromatic N) is 2. The average molecular weight is 271 g/mol. The number of nitrogen functional groups attached to an aromatic ring is 1. The van der Waals surface area contributed by atoms with E-state index in [2.05, 4.69) is 16.2 Å². The van der Waals surface area contributed by atoms with Gasteiger partial charge in [-0.1, -0.05) is 0 Å². The van der Waals surface area contributed by atoms with E-state index in [9.17, 15) is 0 Å². The first-order chi connectivity index (χ1) is 8.69. The predicted molar refractivity (Wildman–Crippen MR) is 74.5 cm³/mol. The molecule has 1 saturated carbocycles. The molecule has 1 fully saturated rings. The summed E-state index contributed by atoms with van der Waals surface area (Å²) in [5, 5.41) is 1.02. The first kappa shape index (κ1) is 13.4. The lowest BCUT2D eigenvalue weighted by molar-refractivity contribution is 0.202. The van der Waals surface area contributed by atoms with Gasteiger partial charge in [-0.05, 0) is 37.2 Å². The largest absolute Gasteiger partial charge is 0.490 e. The number of ether oxygens (including phenoxy) is 2. The molecule has 1 aliphatic carbocycles. The van der Waals surface area contributed by atoms with E-state index in [1.54, 1.807) is 14.2 Å². The van der Waals surface area contributed by atoms with Crippen LogP contribution in [0.4, 0.5) is 10.8 Å². The van der Waals surface area contributed by atoms with E-state index >= 15 is 0 Å². The molecule has 1 heterocycles. The zero-order chi connectivity index (χ0) is 13.1. The second kappa shape index (κ2) is 5.75. The number of methoxy groups -OCH3 is 2. The fourth-order valence-corrected chi connectivity index (χ4v) is 3.07. The Morgan fingerprint density at radius 2 is 2.22 bits per heavy atom. The maximum atomic E-state index is 5.83. The van der Waals surface area contributed by atoms with E-state index in [4.69, 9.17) is 15.2 Å². The van der Waals surface area contributed by atoms with Gasteiger partial charge in [0.15, 0.2) is 16.6 Å². The minimum Gasteiger partial charge on any atom is -0.490 e. The highest BCUT2D eigenvalue weighted by atomic mass is 32.1. The molecule has 18 heavy (non-hydrogen) atoms. The summed E-state index contributed by atoms with van der Waals surface area (Å²) < 4.78 is 14.8. The minimum atomic E-state index is 0.475. The van der Waals surface area contributed by atoms with E-state index in [1.165, 1.54) is 24.4 Å². The Morgan fingerprint density at radius 1 is 1.50 bits per heavy atom. The number of hydrogen-bond donors (Lipinski definition) is 1. The van der Waals surface area contributed by atoms with Crippen LogP contribution in [0.2, 0.25) is 0 Å². The molecule has 102 valence electrons. The van der Waals surface area contributed by atoms with Crippen LogP contribution in [0, 0.1) is 5.92 Å². The fraction of sp³-hybridized carbons (Fsp3) is 0.750. The Labute approximate surface area is 112 Å². The molecular weight excluding hydrogens is 250 g/mol. The summed E-state index contributed by atoms with van der Waals surface area (Å²) in [6.07, 6.45) is 2.61. The molecule has 2 rings (SSSR count). The van der Waals surface area contributed by atoms with Crippen LogP contribution in [0.3, 0.4) is 0 Å². The Balaban J connectivity index is 2.20. The first-order valence-corrected chi connectivity index (χ1v) is 7.01. The van der Waals surface area contributed by atoms with Crippen LogP contribution in [0.5, 0.6) is 5.75 Å². The van der Waals surface area contributed by atoms with Gasteiger partial charge in [0.2, 0.25) is 0 Å². The molecule has 0 spiro atoms. The van der Waals surface area contributed by atoms with Crippen LogP contribution in [0.15, 0.2) is 0 Å². The van der Waals surface area contributed by atoms with Gasteiger partial charge >= 0.3 is 0 Å². The van der Waals surface area contributed by atoms with Crippen LogP contribution in [0.1, 0.15) is 19.8 Å². The zero-order valence-electron chi connectivity index (χ0n) is 11.2. The third-order valence-corrected chi connectivity index (χ3v) is 4.34. The molecule has 0 aliphatic heterocycles. The number of anilines is 2. The van der Waals surface area contributed by atoms with Gasteiger partial charge in [-0.15, -0.1) is 0 Å². The van der Waals surface area contributed by atoms with Gasteiger partial charge in [-0.25, -0.2) is 0 Å². The van der Waals surface area contributed by atoms with Crippen molar-refractivity contribution in [1.29, 1.82) is 0 Å². The van der Waals surface area contributed by atoms with Crippen LogP contribution in [-0.2, 0) is 4.74 Å². The smallest absolute Gasteiger partial charge is 0.197 e. The summed E-state index contributed by atoms with van der Waals surface area (Å²) in [5.74, 6) is 1.95. The Morgan fingerprint density at radius 3 is 2.78 bits per heavy atom. The molecule has 0 bridgehead atoms. The van der Waals surface area contributed by atoms with Crippen molar-refractivity contribution in [3.63, 3.8) is 0 Å². The van der Waals surface area contributed by atoms with Gasteiger partial charge in [-0.2, -0.15) is 4.37 Å². The number of rotatable bonds is 7. The van der Waals surface area contributed by atoms with Crippen molar-refractivity contribution in [3.05, 3.63) is 0 Å². The molecule has 1 aromatic heterocycles. The molecule has 2 N–H and O–H groups in total. The van der Waals surface area contributed by atoms with Crippen molar-refractivity contribution >= 4 is 22.4 Å². The summed E-state index contributed by atoms with van der Waals surface area (Å²) >= 11 is 1.40. The Bertz CT molecular complexity index is 393. The normalized spacial score (nSPS) is 16.6. The van der Waals surface area contributed by atoms with Crippen molar-refractivity contribution in [2.75, 3.05) is 38.0 Å². The zero-order valence-corrected chi connectivity index (χ0v) is 12.0. The van der Waals surface area contributed by atoms with E-state index in [1.807, 2.05) is 0 Å². The SMILES string of the molecule is COCCN(c1snc(N)c1OC)C(C)C1CC1. The summed E-state index contributed by atoms with van der Waals surface area (Å²) in [4.78, 5) is 2.31. The summed E-state index contributed by atoms with van der Waals surface area (Å²) in [6.45, 7) is 3.78. The molecule has 0 saturated heterocycles. The maximum Gasteiger partial charge on any atom is 0.197 e. The highest BCUT2D eigenvalue weighted by Crippen LogP contribution is 2.43. The van der Waals surface area contributed by atoms with Crippen molar-refractivity contribution < 1.29 is 9.47 Å². The summed E-state index contributed by atoms with van der Waals surface area (Å²) in [7, 11) is 3.36. The predicted octanol–water partition coefficient (Wildman–Crippen LogP) is 1.99. The Hall–Kier alpha value is -1.01. The van der Waals surface area contributed by atoms with Crippen molar-refractivity contribution in [2.24, 2.45) is 5.92 Å². The van der Waals surface area contributed by atoms with E-state index in [-0.39, 0.29) is 0 Å². The van der Waals surface area contributed by atoms with Crippen LogP contribution in [-0.4, -0.2) is 37.8 Å². The second-order valence-electron chi connectivity index (χ2n) is 4.67. The van der Waals surface area contributed by atoms with Gasteiger partial charge in [0, 0.05) is 19.7 Å². The van der Waals surface area contributed by atoms with E-state index < -0.39 is 0 Å². The van der Waals surface area contributed by atoms with Gasteiger partial charge in [0.05, 0.1) is 13.7 Å². The molecule has 1 aromatic rings. The minimum absolute atomic E-state index is 0.475. The number of aromatic nitrogens is 1. The van der Waals surface area contributed by atoms with E-state index in [0.29, 0.717) is 24.2 Å². The quantitative estimate of drug-likeness (QED) is 0.821. The third-order valence-electron chi connectivity index (χ3n) is 3.45. The molecule has 5 nitrogen and oxygen atoms in total. The van der Waals surface area contributed by atoms with Crippen molar-refractivity contribution in [3.8, 4) is 5.75 Å². The molecule has 1 aliphatic rings. The molecular formula is C12H21N3O2S. The molecule has 1 atom stereocenters. The molecule has 0 amide bonds. The lowest BCUT2D eigenvalue weighted by atomic mass is 10.2. The third kappa shape index (κ3) is 2.70. The van der Waals surface area contributed by atoms with Gasteiger partial charge < -0.3 is 20.1 Å². The van der Waals surface area contributed by atoms with E-state index in [0.717, 1.165) is 17.5 Å². The highest BCUT2D eigenvalue weighted by molar-refractivity contribution is 7.11. The lowest BCUT2D eigenvalue weighted by Gasteiger charge is -2.30. The van der Waals surface area contributed by atoms with Crippen molar-refractivity contribution in [1.82, 2.24) is 4.37 Å². The van der Waals surface area contributed by atoms with Crippen LogP contribution in [0.25, 0.3) is 0 Å². The van der Waals surface area contributed by atoms with Crippen molar-refractivity contribution in [2.45, 2.75) is 25.8 Å². The molecule has 6 heteroatoms. The second-order valence-corrected chi connectivity index (χ2v) is 5.42. The average Bonchev–Trinajstić information content (AvgIpc) is 3.14. The highest BCUT2D eigenvalue weighted by Gasteiger charge is 2.34. The topological polar surface area (TPSA) is 60.6 Å². The summed E-state index contributed by atoms with van der Waals surface area (Å²) in [5.41, 5.74) is 5.83. The number of nitrogens with two attached hydrogens (primary N) is 1. The van der Waals surface area contributed by atoms with Crippen LogP contribution >= 0.6 is 11.5 Å². The summed E-state index contributed by atoms with van der Waals surface area (Å²) in [6, 6.07) is 0.480. The molecule has 1 unspecified atom stereocenters. The Kier molecular flexibility index (Phi) is 4.29.